The first kappa shape index (κ1) is 15.8. The molecule has 0 unspecified atom stereocenters. The number of halogens is 1. The number of carboxylic acid groups (broad SMARTS) is 1. The Hall–Kier alpha value is -1.55. The molecular weight excluding hydrogens is 290 g/mol. The molecule has 5 heteroatoms. The number of carboxylic acids is 1. The van der Waals surface area contributed by atoms with Gasteiger partial charge in [0.1, 0.15) is 0 Å². The minimum Gasteiger partial charge on any atom is -0.481 e. The third-order valence-corrected chi connectivity index (χ3v) is 4.38. The standard InChI is InChI=1S/C16H20ClNO3/c17-13-6-4-5-12(9-13)11-18-14(19)10-16(15(20)21)7-2-1-3-8-16/h4-6,9H,1-3,7-8,10-11H2,(H,18,19)(H,20,21). The van der Waals surface area contributed by atoms with Gasteiger partial charge in [0.2, 0.25) is 5.91 Å². The number of carbonyl (C=O) groups excluding carboxylic acids is 1. The number of aliphatic carboxylic acids is 1. The van der Waals surface area contributed by atoms with Gasteiger partial charge in [-0.1, -0.05) is 43.0 Å². The van der Waals surface area contributed by atoms with E-state index in [2.05, 4.69) is 5.32 Å². The van der Waals surface area contributed by atoms with Gasteiger partial charge < -0.3 is 10.4 Å². The van der Waals surface area contributed by atoms with Gasteiger partial charge in [-0.15, -0.1) is 0 Å². The smallest absolute Gasteiger partial charge is 0.310 e. The lowest BCUT2D eigenvalue weighted by Gasteiger charge is -2.32. The van der Waals surface area contributed by atoms with Gasteiger partial charge in [-0.05, 0) is 30.5 Å². The van der Waals surface area contributed by atoms with Crippen molar-refractivity contribution in [3.05, 3.63) is 34.9 Å². The number of hydrogen-bond donors (Lipinski definition) is 2. The molecule has 1 amide bonds. The summed E-state index contributed by atoms with van der Waals surface area (Å²) in [5, 5.41) is 12.9. The van der Waals surface area contributed by atoms with Gasteiger partial charge in [0.25, 0.3) is 0 Å². The van der Waals surface area contributed by atoms with Crippen LogP contribution in [0.4, 0.5) is 0 Å². The summed E-state index contributed by atoms with van der Waals surface area (Å²) in [6.07, 6.45) is 4.06. The molecule has 2 rings (SSSR count). The van der Waals surface area contributed by atoms with Crippen molar-refractivity contribution in [3.63, 3.8) is 0 Å². The molecule has 0 atom stereocenters. The van der Waals surface area contributed by atoms with E-state index in [0.29, 0.717) is 24.4 Å². The Bertz CT molecular complexity index is 524. The van der Waals surface area contributed by atoms with Crippen molar-refractivity contribution in [2.75, 3.05) is 0 Å². The molecule has 0 radical (unpaired) electrons. The molecule has 0 saturated heterocycles. The zero-order valence-corrected chi connectivity index (χ0v) is 12.7. The number of rotatable bonds is 5. The van der Waals surface area contributed by atoms with E-state index in [-0.39, 0.29) is 12.3 Å². The van der Waals surface area contributed by atoms with Crippen LogP contribution in [0.15, 0.2) is 24.3 Å². The molecule has 1 aliphatic carbocycles. The third kappa shape index (κ3) is 4.21. The minimum atomic E-state index is -0.878. The Balaban J connectivity index is 1.92. The molecule has 21 heavy (non-hydrogen) atoms. The Morgan fingerprint density at radius 1 is 1.24 bits per heavy atom. The van der Waals surface area contributed by atoms with Crippen molar-refractivity contribution >= 4 is 23.5 Å². The van der Waals surface area contributed by atoms with Gasteiger partial charge in [0, 0.05) is 18.0 Å². The number of hydrogen-bond acceptors (Lipinski definition) is 2. The molecule has 1 fully saturated rings. The van der Waals surface area contributed by atoms with Gasteiger partial charge in [-0.3, -0.25) is 9.59 Å². The van der Waals surface area contributed by atoms with E-state index < -0.39 is 11.4 Å². The highest BCUT2D eigenvalue weighted by molar-refractivity contribution is 6.30. The number of amides is 1. The molecule has 114 valence electrons. The first-order valence-electron chi connectivity index (χ1n) is 7.26. The summed E-state index contributed by atoms with van der Waals surface area (Å²) in [6, 6.07) is 7.26. The first-order valence-corrected chi connectivity index (χ1v) is 7.64. The van der Waals surface area contributed by atoms with Crippen LogP contribution in [-0.4, -0.2) is 17.0 Å². The van der Waals surface area contributed by atoms with Gasteiger partial charge in [-0.25, -0.2) is 0 Å². The maximum absolute atomic E-state index is 12.1. The molecule has 0 spiro atoms. The fourth-order valence-corrected chi connectivity index (χ4v) is 3.13. The van der Waals surface area contributed by atoms with Crippen molar-refractivity contribution in [1.82, 2.24) is 5.32 Å². The summed E-state index contributed by atoms with van der Waals surface area (Å²) >= 11 is 5.89. The maximum Gasteiger partial charge on any atom is 0.310 e. The van der Waals surface area contributed by atoms with Crippen molar-refractivity contribution in [1.29, 1.82) is 0 Å². The number of carbonyl (C=O) groups is 2. The van der Waals surface area contributed by atoms with Crippen LogP contribution < -0.4 is 5.32 Å². The van der Waals surface area contributed by atoms with Crippen LogP contribution in [-0.2, 0) is 16.1 Å². The van der Waals surface area contributed by atoms with Crippen LogP contribution in [0.1, 0.15) is 44.1 Å². The van der Waals surface area contributed by atoms with Crippen LogP contribution in [0.5, 0.6) is 0 Å². The van der Waals surface area contributed by atoms with E-state index in [9.17, 15) is 14.7 Å². The molecule has 4 nitrogen and oxygen atoms in total. The Kier molecular flexibility index (Phi) is 5.23. The van der Waals surface area contributed by atoms with E-state index in [1.807, 2.05) is 12.1 Å². The molecule has 2 N–H and O–H groups in total. The molecule has 1 aliphatic rings. The Morgan fingerprint density at radius 3 is 2.57 bits per heavy atom. The van der Waals surface area contributed by atoms with E-state index in [0.717, 1.165) is 24.8 Å². The second-order valence-electron chi connectivity index (χ2n) is 5.73. The number of nitrogens with one attached hydrogen (secondary N) is 1. The summed E-state index contributed by atoms with van der Waals surface area (Å²) in [5.74, 6) is -1.06. The van der Waals surface area contributed by atoms with Crippen LogP contribution in [0, 0.1) is 5.41 Å². The predicted octanol–water partition coefficient (Wildman–Crippen LogP) is 3.38. The molecule has 0 bridgehead atoms. The zero-order valence-electron chi connectivity index (χ0n) is 11.9. The zero-order chi connectivity index (χ0) is 15.3. The lowest BCUT2D eigenvalue weighted by molar-refractivity contribution is -0.154. The topological polar surface area (TPSA) is 66.4 Å². The minimum absolute atomic E-state index is 0.0584. The SMILES string of the molecule is O=C(CC1(C(=O)O)CCCCC1)NCc1cccc(Cl)c1. The largest absolute Gasteiger partial charge is 0.481 e. The second-order valence-corrected chi connectivity index (χ2v) is 6.17. The fraction of sp³-hybridized carbons (Fsp3) is 0.500. The lowest BCUT2D eigenvalue weighted by Crippen LogP contribution is -2.39. The summed E-state index contributed by atoms with van der Waals surface area (Å²) in [7, 11) is 0. The predicted molar refractivity (Wildman–Crippen MR) is 81.1 cm³/mol. The summed E-state index contributed by atoms with van der Waals surface area (Å²) < 4.78 is 0. The van der Waals surface area contributed by atoms with Crippen molar-refractivity contribution in [2.24, 2.45) is 5.41 Å². The monoisotopic (exact) mass is 309 g/mol. The highest BCUT2D eigenvalue weighted by Crippen LogP contribution is 2.39. The first-order chi connectivity index (χ1) is 10.0. The second kappa shape index (κ2) is 6.94. The molecule has 0 aliphatic heterocycles. The van der Waals surface area contributed by atoms with Crippen molar-refractivity contribution < 1.29 is 14.7 Å². The van der Waals surface area contributed by atoms with Crippen molar-refractivity contribution in [2.45, 2.75) is 45.1 Å². The van der Waals surface area contributed by atoms with Gasteiger partial charge in [0.15, 0.2) is 0 Å². The molecule has 0 heterocycles. The quantitative estimate of drug-likeness (QED) is 0.876. The van der Waals surface area contributed by atoms with E-state index in [4.69, 9.17) is 11.6 Å². The van der Waals surface area contributed by atoms with E-state index >= 15 is 0 Å². The molecule has 1 aromatic rings. The van der Waals surface area contributed by atoms with Crippen LogP contribution in [0.2, 0.25) is 5.02 Å². The maximum atomic E-state index is 12.1. The summed E-state index contributed by atoms with van der Waals surface area (Å²) in [5.41, 5.74) is 0.0281. The van der Waals surface area contributed by atoms with Gasteiger partial charge in [0.05, 0.1) is 5.41 Å². The molecular formula is C16H20ClNO3. The lowest BCUT2D eigenvalue weighted by atomic mass is 9.71. The van der Waals surface area contributed by atoms with Crippen LogP contribution >= 0.6 is 11.6 Å². The Morgan fingerprint density at radius 2 is 1.95 bits per heavy atom. The average Bonchev–Trinajstić information content (AvgIpc) is 2.46. The van der Waals surface area contributed by atoms with E-state index in [1.165, 1.54) is 0 Å². The van der Waals surface area contributed by atoms with Crippen molar-refractivity contribution in [3.8, 4) is 0 Å². The third-order valence-electron chi connectivity index (χ3n) is 4.14. The van der Waals surface area contributed by atoms with Gasteiger partial charge >= 0.3 is 5.97 Å². The highest BCUT2D eigenvalue weighted by Gasteiger charge is 2.41. The normalized spacial score (nSPS) is 17.2. The molecule has 1 saturated carbocycles. The number of benzene rings is 1. The molecule has 1 aromatic carbocycles. The molecule has 0 aromatic heterocycles. The summed E-state index contributed by atoms with van der Waals surface area (Å²) in [6.45, 7) is 0.370. The van der Waals surface area contributed by atoms with Crippen LogP contribution in [0.25, 0.3) is 0 Å². The summed E-state index contributed by atoms with van der Waals surface area (Å²) in [4.78, 5) is 23.6. The average molecular weight is 310 g/mol. The van der Waals surface area contributed by atoms with Gasteiger partial charge in [-0.2, -0.15) is 0 Å². The highest BCUT2D eigenvalue weighted by atomic mass is 35.5. The fourth-order valence-electron chi connectivity index (χ4n) is 2.91. The van der Waals surface area contributed by atoms with Crippen LogP contribution in [0.3, 0.4) is 0 Å². The Labute approximate surface area is 129 Å². The van der Waals surface area contributed by atoms with E-state index in [1.54, 1.807) is 12.1 Å².